The Balaban J connectivity index is 3.46. The first kappa shape index (κ1) is 13.8. The Labute approximate surface area is 85.2 Å². The maximum absolute atomic E-state index is 9.44. The van der Waals surface area contributed by atoms with Gasteiger partial charge in [0, 0.05) is 6.61 Å². The molecule has 0 aromatic carbocycles. The minimum atomic E-state index is -0.754. The van der Waals surface area contributed by atoms with Crippen molar-refractivity contribution in [1.29, 1.82) is 0 Å². The van der Waals surface area contributed by atoms with Gasteiger partial charge in [-0.15, -0.1) is 0 Å². The number of aliphatic hydroxyl groups excluding tert-OH is 4. The van der Waals surface area contributed by atoms with Gasteiger partial charge < -0.3 is 20.4 Å². The summed E-state index contributed by atoms with van der Waals surface area (Å²) in [4.78, 5) is 0. The summed E-state index contributed by atoms with van der Waals surface area (Å²) in [6.45, 7) is 1.74. The van der Waals surface area contributed by atoms with Crippen molar-refractivity contribution in [3.63, 3.8) is 0 Å². The van der Waals surface area contributed by atoms with Gasteiger partial charge >= 0.3 is 0 Å². The van der Waals surface area contributed by atoms with E-state index in [1.165, 1.54) is 0 Å². The third kappa shape index (κ3) is 7.26. The highest BCUT2D eigenvalue weighted by Gasteiger charge is 2.15. The lowest BCUT2D eigenvalue weighted by atomic mass is 10.0. The molecule has 3 atom stereocenters. The van der Waals surface area contributed by atoms with Crippen LogP contribution in [-0.4, -0.2) is 45.3 Å². The molecule has 0 amide bonds. The van der Waals surface area contributed by atoms with Gasteiger partial charge in [0.25, 0.3) is 0 Å². The van der Waals surface area contributed by atoms with Crippen molar-refractivity contribution in [2.24, 2.45) is 0 Å². The molecule has 0 aromatic rings. The van der Waals surface area contributed by atoms with Crippen LogP contribution in [0.5, 0.6) is 0 Å². The molecule has 0 heterocycles. The molecule has 4 N–H and O–H groups in total. The summed E-state index contributed by atoms with van der Waals surface area (Å²) in [5, 5.41) is 36.3. The van der Waals surface area contributed by atoms with Crippen molar-refractivity contribution in [3.05, 3.63) is 0 Å². The van der Waals surface area contributed by atoms with E-state index in [-0.39, 0.29) is 12.7 Å². The van der Waals surface area contributed by atoms with Crippen LogP contribution < -0.4 is 0 Å². The van der Waals surface area contributed by atoms with Crippen LogP contribution >= 0.6 is 0 Å². The van der Waals surface area contributed by atoms with E-state index in [0.717, 1.165) is 0 Å². The second-order valence-corrected chi connectivity index (χ2v) is 3.78. The Morgan fingerprint density at radius 3 is 1.79 bits per heavy atom. The highest BCUT2D eigenvalue weighted by Crippen LogP contribution is 2.10. The number of aliphatic hydroxyl groups is 4. The summed E-state index contributed by atoms with van der Waals surface area (Å²) in [7, 11) is 0. The molecule has 0 spiro atoms. The third-order valence-corrected chi connectivity index (χ3v) is 2.22. The summed E-state index contributed by atoms with van der Waals surface area (Å²) >= 11 is 0. The van der Waals surface area contributed by atoms with Crippen molar-refractivity contribution in [2.75, 3.05) is 6.61 Å². The van der Waals surface area contributed by atoms with E-state index >= 15 is 0 Å². The van der Waals surface area contributed by atoms with Crippen LogP contribution in [0.3, 0.4) is 0 Å². The molecule has 14 heavy (non-hydrogen) atoms. The van der Waals surface area contributed by atoms with Crippen LogP contribution in [0.1, 0.15) is 39.0 Å². The average Bonchev–Trinajstić information content (AvgIpc) is 2.13. The van der Waals surface area contributed by atoms with Gasteiger partial charge in [0.1, 0.15) is 0 Å². The predicted molar refractivity (Wildman–Crippen MR) is 53.9 cm³/mol. The quantitative estimate of drug-likeness (QED) is 0.452. The van der Waals surface area contributed by atoms with Crippen LogP contribution in [0, 0.1) is 0 Å². The first-order valence-electron chi connectivity index (χ1n) is 5.23. The number of rotatable bonds is 8. The van der Waals surface area contributed by atoms with E-state index in [2.05, 4.69) is 0 Å². The molecular formula is C10H22O4. The van der Waals surface area contributed by atoms with E-state index in [9.17, 15) is 10.2 Å². The van der Waals surface area contributed by atoms with Crippen LogP contribution in [0.2, 0.25) is 0 Å². The zero-order chi connectivity index (χ0) is 11.0. The zero-order valence-electron chi connectivity index (χ0n) is 8.76. The molecule has 0 aromatic heterocycles. The lowest BCUT2D eigenvalue weighted by Crippen LogP contribution is -2.26. The first-order valence-corrected chi connectivity index (χ1v) is 5.23. The van der Waals surface area contributed by atoms with Crippen LogP contribution in [0.4, 0.5) is 0 Å². The highest BCUT2D eigenvalue weighted by atomic mass is 16.3. The van der Waals surface area contributed by atoms with E-state index in [0.29, 0.717) is 32.1 Å². The molecule has 0 aliphatic heterocycles. The Bertz CT molecular complexity index is 127. The monoisotopic (exact) mass is 206 g/mol. The van der Waals surface area contributed by atoms with E-state index < -0.39 is 12.2 Å². The molecule has 0 aliphatic rings. The topological polar surface area (TPSA) is 80.9 Å². The summed E-state index contributed by atoms with van der Waals surface area (Å²) in [5.41, 5.74) is 0. The van der Waals surface area contributed by atoms with Crippen LogP contribution in [-0.2, 0) is 0 Å². The van der Waals surface area contributed by atoms with Crippen LogP contribution in [0.15, 0.2) is 0 Å². The third-order valence-electron chi connectivity index (χ3n) is 2.22. The van der Waals surface area contributed by atoms with E-state index in [1.807, 2.05) is 0 Å². The molecular weight excluding hydrogens is 184 g/mol. The smallest absolute Gasteiger partial charge is 0.0800 e. The van der Waals surface area contributed by atoms with Crippen molar-refractivity contribution < 1.29 is 20.4 Å². The molecule has 0 fully saturated rings. The van der Waals surface area contributed by atoms with Gasteiger partial charge in [0.05, 0.1) is 18.3 Å². The molecule has 4 nitrogen and oxygen atoms in total. The molecule has 0 aliphatic carbocycles. The lowest BCUT2D eigenvalue weighted by Gasteiger charge is -2.17. The summed E-state index contributed by atoms with van der Waals surface area (Å²) in [6, 6.07) is 0. The van der Waals surface area contributed by atoms with Gasteiger partial charge in [-0.25, -0.2) is 0 Å². The van der Waals surface area contributed by atoms with E-state index in [4.69, 9.17) is 10.2 Å². The van der Waals surface area contributed by atoms with E-state index in [1.54, 1.807) is 6.92 Å². The van der Waals surface area contributed by atoms with Gasteiger partial charge in [-0.1, -0.05) is 0 Å². The van der Waals surface area contributed by atoms with Gasteiger partial charge in [-0.2, -0.15) is 0 Å². The maximum atomic E-state index is 9.44. The molecule has 0 radical (unpaired) electrons. The van der Waals surface area contributed by atoms with Crippen molar-refractivity contribution in [2.45, 2.75) is 57.3 Å². The van der Waals surface area contributed by atoms with Crippen molar-refractivity contribution in [1.82, 2.24) is 0 Å². The first-order chi connectivity index (χ1) is 6.57. The molecule has 4 heteroatoms. The Hall–Kier alpha value is -0.160. The van der Waals surface area contributed by atoms with Gasteiger partial charge in [0.2, 0.25) is 0 Å². The number of hydrogen-bond acceptors (Lipinski definition) is 4. The molecule has 0 bridgehead atoms. The average molecular weight is 206 g/mol. The summed E-state index contributed by atoms with van der Waals surface area (Å²) < 4.78 is 0. The van der Waals surface area contributed by atoms with Gasteiger partial charge in [-0.3, -0.25) is 0 Å². The molecule has 86 valence electrons. The molecule has 0 saturated heterocycles. The summed E-state index contributed by atoms with van der Waals surface area (Å²) in [6.07, 6.45) is 0.935. The normalized spacial score (nSPS) is 17.8. The maximum Gasteiger partial charge on any atom is 0.0800 e. The summed E-state index contributed by atoms with van der Waals surface area (Å²) in [5.74, 6) is 0. The highest BCUT2D eigenvalue weighted by molar-refractivity contribution is 4.67. The molecule has 3 unspecified atom stereocenters. The fourth-order valence-corrected chi connectivity index (χ4v) is 1.31. The molecule has 0 saturated carbocycles. The predicted octanol–water partition coefficient (Wildman–Crippen LogP) is 0.0318. The molecule has 0 rings (SSSR count). The SMILES string of the molecule is CC(O)CCCC(O)C(O)CCCO. The van der Waals surface area contributed by atoms with Gasteiger partial charge in [0.15, 0.2) is 0 Å². The second kappa shape index (κ2) is 8.17. The Morgan fingerprint density at radius 1 is 0.857 bits per heavy atom. The Morgan fingerprint density at radius 2 is 1.36 bits per heavy atom. The van der Waals surface area contributed by atoms with Crippen LogP contribution in [0.25, 0.3) is 0 Å². The minimum Gasteiger partial charge on any atom is -0.396 e. The lowest BCUT2D eigenvalue weighted by molar-refractivity contribution is 0.00376. The zero-order valence-corrected chi connectivity index (χ0v) is 8.76. The second-order valence-electron chi connectivity index (χ2n) is 3.78. The van der Waals surface area contributed by atoms with Crippen molar-refractivity contribution in [3.8, 4) is 0 Å². The minimum absolute atomic E-state index is 0.0391. The standard InChI is InChI=1S/C10H22O4/c1-8(12)4-2-5-9(13)10(14)6-3-7-11/h8-14H,2-7H2,1H3. The fourth-order valence-electron chi connectivity index (χ4n) is 1.31. The number of hydrogen-bond donors (Lipinski definition) is 4. The fraction of sp³-hybridized carbons (Fsp3) is 1.00. The Kier molecular flexibility index (Phi) is 8.08. The van der Waals surface area contributed by atoms with Gasteiger partial charge in [-0.05, 0) is 39.0 Å². The largest absolute Gasteiger partial charge is 0.396 e. The van der Waals surface area contributed by atoms with Crippen molar-refractivity contribution >= 4 is 0 Å².